The minimum atomic E-state index is -3.76. The molecule has 35 heavy (non-hydrogen) atoms. The van der Waals surface area contributed by atoms with E-state index in [4.69, 9.17) is 4.74 Å². The van der Waals surface area contributed by atoms with Gasteiger partial charge >= 0.3 is 0 Å². The van der Waals surface area contributed by atoms with Gasteiger partial charge in [0.1, 0.15) is 11.6 Å². The lowest BCUT2D eigenvalue weighted by molar-refractivity contribution is -0.123. The number of amides is 1. The van der Waals surface area contributed by atoms with Crippen LogP contribution in [-0.4, -0.2) is 56.0 Å². The molecule has 0 spiro atoms. The van der Waals surface area contributed by atoms with E-state index in [-0.39, 0.29) is 41.7 Å². The van der Waals surface area contributed by atoms with Gasteiger partial charge in [0, 0.05) is 25.6 Å². The van der Waals surface area contributed by atoms with Crippen LogP contribution in [0.1, 0.15) is 25.7 Å². The average Bonchev–Trinajstić information content (AvgIpc) is 3.52. The molecule has 0 radical (unpaired) electrons. The molecule has 0 bridgehead atoms. The Labute approximate surface area is 206 Å². The maximum absolute atomic E-state index is 13.7. The van der Waals surface area contributed by atoms with Crippen LogP contribution in [0.3, 0.4) is 0 Å². The molecule has 0 N–H and O–H groups in total. The highest BCUT2D eigenvalue weighted by atomic mass is 32.2. The number of fused-ring (bicyclic) bond motifs is 1. The van der Waals surface area contributed by atoms with Crippen LogP contribution in [0.2, 0.25) is 0 Å². The molecule has 1 amide bonds. The van der Waals surface area contributed by atoms with Crippen LogP contribution in [0.25, 0.3) is 10.2 Å². The zero-order valence-corrected chi connectivity index (χ0v) is 20.5. The normalized spacial score (nSPS) is 19.9. The van der Waals surface area contributed by atoms with Crippen molar-refractivity contribution in [2.75, 3.05) is 31.1 Å². The van der Waals surface area contributed by atoms with Crippen molar-refractivity contribution in [1.82, 2.24) is 9.29 Å². The van der Waals surface area contributed by atoms with Gasteiger partial charge in [-0.2, -0.15) is 4.31 Å². The number of benzene rings is 2. The number of piperidine rings is 1. The predicted octanol–water partition coefficient (Wildman–Crippen LogP) is 4.19. The largest absolute Gasteiger partial charge is 0.376 e. The van der Waals surface area contributed by atoms with Gasteiger partial charge in [0.25, 0.3) is 0 Å². The number of rotatable bonds is 6. The molecule has 1 aromatic heterocycles. The zero-order chi connectivity index (χ0) is 24.6. The Balaban J connectivity index is 1.33. The Hall–Kier alpha value is -2.47. The Morgan fingerprint density at radius 3 is 2.49 bits per heavy atom. The third-order valence-electron chi connectivity index (χ3n) is 6.50. The standard InChI is InChI=1S/C24H25F2N3O4S2/c25-17-3-6-20(7-4-17)35(31,32)28-11-9-16(10-12-28)23(30)29(15-19-2-1-13-33-19)24-27-21-8-5-18(26)14-22(21)34-24/h3-8,14,16,19H,1-2,9-13,15H2. The molecule has 1 atom stereocenters. The van der Waals surface area contributed by atoms with Crippen molar-refractivity contribution in [2.24, 2.45) is 5.92 Å². The van der Waals surface area contributed by atoms with Crippen LogP contribution in [-0.2, 0) is 19.6 Å². The Morgan fingerprint density at radius 2 is 1.80 bits per heavy atom. The molecule has 7 nitrogen and oxygen atoms in total. The lowest BCUT2D eigenvalue weighted by Gasteiger charge is -2.33. The fourth-order valence-electron chi connectivity index (χ4n) is 4.58. The second-order valence-corrected chi connectivity index (χ2v) is 11.8. The smallest absolute Gasteiger partial charge is 0.243 e. The van der Waals surface area contributed by atoms with Gasteiger partial charge in [0.2, 0.25) is 15.9 Å². The number of ether oxygens (including phenoxy) is 1. The molecule has 2 fully saturated rings. The summed E-state index contributed by atoms with van der Waals surface area (Å²) in [7, 11) is -3.76. The van der Waals surface area contributed by atoms with Gasteiger partial charge in [-0.3, -0.25) is 9.69 Å². The first-order valence-electron chi connectivity index (χ1n) is 11.6. The third kappa shape index (κ3) is 5.09. The number of carbonyl (C=O) groups excluding carboxylic acids is 1. The van der Waals surface area contributed by atoms with Crippen molar-refractivity contribution < 1.29 is 26.7 Å². The third-order valence-corrected chi connectivity index (χ3v) is 9.45. The lowest BCUT2D eigenvalue weighted by atomic mass is 9.96. The fourth-order valence-corrected chi connectivity index (χ4v) is 7.05. The number of sulfonamides is 1. The number of halogens is 2. The van der Waals surface area contributed by atoms with Crippen molar-refractivity contribution in [1.29, 1.82) is 0 Å². The summed E-state index contributed by atoms with van der Waals surface area (Å²) in [5.74, 6) is -1.37. The number of aromatic nitrogens is 1. The lowest BCUT2D eigenvalue weighted by Crippen LogP contribution is -2.46. The van der Waals surface area contributed by atoms with Crippen molar-refractivity contribution in [2.45, 2.75) is 36.7 Å². The molecule has 2 aliphatic rings. The molecule has 1 unspecified atom stereocenters. The monoisotopic (exact) mass is 521 g/mol. The van der Waals surface area contributed by atoms with Gasteiger partial charge in [-0.15, -0.1) is 0 Å². The summed E-state index contributed by atoms with van der Waals surface area (Å²) in [6.45, 7) is 1.39. The van der Waals surface area contributed by atoms with Gasteiger partial charge in [-0.1, -0.05) is 11.3 Å². The maximum atomic E-state index is 13.7. The van der Waals surface area contributed by atoms with Crippen molar-refractivity contribution in [3.8, 4) is 0 Å². The highest BCUT2D eigenvalue weighted by Gasteiger charge is 2.36. The number of carbonyl (C=O) groups is 1. The molecule has 2 aliphatic heterocycles. The van der Waals surface area contributed by atoms with E-state index in [0.29, 0.717) is 41.3 Å². The number of thiazole rings is 1. The quantitative estimate of drug-likeness (QED) is 0.486. The summed E-state index contributed by atoms with van der Waals surface area (Å²) in [5.41, 5.74) is 0.622. The van der Waals surface area contributed by atoms with E-state index in [0.717, 1.165) is 25.0 Å². The molecular weight excluding hydrogens is 496 g/mol. The highest BCUT2D eigenvalue weighted by molar-refractivity contribution is 7.89. The molecule has 2 saturated heterocycles. The highest BCUT2D eigenvalue weighted by Crippen LogP contribution is 2.33. The van der Waals surface area contributed by atoms with Crippen LogP contribution in [0.15, 0.2) is 47.4 Å². The van der Waals surface area contributed by atoms with Crippen LogP contribution >= 0.6 is 11.3 Å². The first-order chi connectivity index (χ1) is 16.8. The molecule has 2 aromatic carbocycles. The maximum Gasteiger partial charge on any atom is 0.243 e. The van der Waals surface area contributed by atoms with Crippen LogP contribution < -0.4 is 4.90 Å². The van der Waals surface area contributed by atoms with E-state index < -0.39 is 15.8 Å². The molecule has 3 aromatic rings. The SMILES string of the molecule is O=C(C1CCN(S(=O)(=O)c2ccc(F)cc2)CC1)N(CC1CCCO1)c1nc2ccc(F)cc2s1. The van der Waals surface area contributed by atoms with Crippen LogP contribution in [0.5, 0.6) is 0 Å². The summed E-state index contributed by atoms with van der Waals surface area (Å²) in [4.78, 5) is 19.9. The molecule has 186 valence electrons. The molecule has 11 heteroatoms. The second-order valence-electron chi connectivity index (χ2n) is 8.82. The fraction of sp³-hybridized carbons (Fsp3) is 0.417. The van der Waals surface area contributed by atoms with Crippen LogP contribution in [0, 0.1) is 17.6 Å². The summed E-state index contributed by atoms with van der Waals surface area (Å²) in [5, 5.41) is 0.493. The molecule has 5 rings (SSSR count). The Kier molecular flexibility index (Phi) is 6.84. The van der Waals surface area contributed by atoms with Gasteiger partial charge in [0.15, 0.2) is 5.13 Å². The Morgan fingerprint density at radius 1 is 1.09 bits per heavy atom. The molecule has 0 saturated carbocycles. The van der Waals surface area contributed by atoms with E-state index in [1.165, 1.54) is 39.9 Å². The van der Waals surface area contributed by atoms with Crippen molar-refractivity contribution >= 4 is 42.6 Å². The van der Waals surface area contributed by atoms with Gasteiger partial charge in [0.05, 0.1) is 27.8 Å². The number of anilines is 1. The minimum Gasteiger partial charge on any atom is -0.376 e. The van der Waals surface area contributed by atoms with Gasteiger partial charge in [-0.25, -0.2) is 22.2 Å². The second kappa shape index (κ2) is 9.88. The molecule has 0 aliphatic carbocycles. The van der Waals surface area contributed by atoms with Crippen molar-refractivity contribution in [3.63, 3.8) is 0 Å². The van der Waals surface area contributed by atoms with Crippen molar-refractivity contribution in [3.05, 3.63) is 54.1 Å². The molecule has 3 heterocycles. The topological polar surface area (TPSA) is 79.8 Å². The average molecular weight is 522 g/mol. The van der Waals surface area contributed by atoms with Gasteiger partial charge < -0.3 is 4.74 Å². The first kappa shape index (κ1) is 24.2. The minimum absolute atomic E-state index is 0.0328. The number of hydrogen-bond donors (Lipinski definition) is 0. The summed E-state index contributed by atoms with van der Waals surface area (Å²) < 4.78 is 60.6. The summed E-state index contributed by atoms with van der Waals surface area (Å²) in [6, 6.07) is 9.09. The van der Waals surface area contributed by atoms with E-state index >= 15 is 0 Å². The number of hydrogen-bond acceptors (Lipinski definition) is 6. The first-order valence-corrected chi connectivity index (χ1v) is 13.8. The predicted molar refractivity (Wildman–Crippen MR) is 129 cm³/mol. The van der Waals surface area contributed by atoms with Gasteiger partial charge in [-0.05, 0) is 68.1 Å². The van der Waals surface area contributed by atoms with E-state index in [1.807, 2.05) is 0 Å². The summed E-state index contributed by atoms with van der Waals surface area (Å²) in [6.07, 6.45) is 2.40. The summed E-state index contributed by atoms with van der Waals surface area (Å²) >= 11 is 1.26. The Bertz CT molecular complexity index is 1320. The number of nitrogens with zero attached hydrogens (tertiary/aromatic N) is 3. The van der Waals surface area contributed by atoms with E-state index in [2.05, 4.69) is 4.98 Å². The zero-order valence-electron chi connectivity index (χ0n) is 18.9. The van der Waals surface area contributed by atoms with E-state index in [9.17, 15) is 22.0 Å². The van der Waals surface area contributed by atoms with E-state index in [1.54, 1.807) is 11.0 Å². The molecular formula is C24H25F2N3O4S2. The van der Waals surface area contributed by atoms with Crippen LogP contribution in [0.4, 0.5) is 13.9 Å².